The minimum absolute atomic E-state index is 0.887. The van der Waals surface area contributed by atoms with E-state index in [0.717, 1.165) is 24.5 Å². The molecule has 0 aliphatic carbocycles. The van der Waals surface area contributed by atoms with Crippen molar-refractivity contribution in [2.45, 2.75) is 91.5 Å². The molecule has 0 atom stereocenters. The Morgan fingerprint density at radius 3 is 1.95 bits per heavy atom. The van der Waals surface area contributed by atoms with Crippen LogP contribution in [0, 0.1) is 13.8 Å². The molecule has 0 bridgehead atoms. The van der Waals surface area contributed by atoms with Crippen LogP contribution in [-0.2, 0) is 6.54 Å². The Labute approximate surface area is 130 Å². The van der Waals surface area contributed by atoms with Crippen LogP contribution in [0.15, 0.2) is 4.52 Å². The Morgan fingerprint density at radius 2 is 1.43 bits per heavy atom. The Balaban J connectivity index is 1.85. The number of nitrogens with one attached hydrogen (secondary N) is 1. The average molecular weight is 294 g/mol. The standard InChI is InChI=1S/C18H34N2O/c1-4-5-6-7-8-9-10-11-12-13-14-19-15-18-16(2)20-21-17(18)3/h19H,4-15H2,1-3H3. The van der Waals surface area contributed by atoms with Crippen molar-refractivity contribution in [3.05, 3.63) is 17.0 Å². The molecule has 0 saturated heterocycles. The highest BCUT2D eigenvalue weighted by molar-refractivity contribution is 5.20. The summed E-state index contributed by atoms with van der Waals surface area (Å²) in [4.78, 5) is 0. The van der Waals surface area contributed by atoms with Crippen LogP contribution in [-0.4, -0.2) is 11.7 Å². The van der Waals surface area contributed by atoms with Gasteiger partial charge in [0.15, 0.2) is 0 Å². The van der Waals surface area contributed by atoms with Gasteiger partial charge in [-0.2, -0.15) is 0 Å². The van der Waals surface area contributed by atoms with E-state index in [2.05, 4.69) is 17.4 Å². The maximum atomic E-state index is 5.16. The van der Waals surface area contributed by atoms with Gasteiger partial charge in [-0.25, -0.2) is 0 Å². The van der Waals surface area contributed by atoms with E-state index in [-0.39, 0.29) is 0 Å². The zero-order chi connectivity index (χ0) is 15.3. The van der Waals surface area contributed by atoms with Crippen molar-refractivity contribution in [3.63, 3.8) is 0 Å². The molecule has 0 aromatic carbocycles. The Hall–Kier alpha value is -0.830. The van der Waals surface area contributed by atoms with Gasteiger partial charge in [-0.05, 0) is 26.8 Å². The number of nitrogens with zero attached hydrogens (tertiary/aromatic N) is 1. The van der Waals surface area contributed by atoms with E-state index >= 15 is 0 Å². The summed E-state index contributed by atoms with van der Waals surface area (Å²) >= 11 is 0. The topological polar surface area (TPSA) is 38.1 Å². The molecule has 0 unspecified atom stereocenters. The number of hydrogen-bond acceptors (Lipinski definition) is 3. The smallest absolute Gasteiger partial charge is 0.138 e. The second kappa shape index (κ2) is 11.8. The first kappa shape index (κ1) is 18.2. The van der Waals surface area contributed by atoms with Crippen LogP contribution in [0.1, 0.15) is 88.1 Å². The van der Waals surface area contributed by atoms with Crippen LogP contribution in [0.3, 0.4) is 0 Å². The van der Waals surface area contributed by atoms with Gasteiger partial charge in [0, 0.05) is 12.1 Å². The maximum absolute atomic E-state index is 5.16. The van der Waals surface area contributed by atoms with Crippen LogP contribution in [0.5, 0.6) is 0 Å². The van der Waals surface area contributed by atoms with Gasteiger partial charge < -0.3 is 9.84 Å². The summed E-state index contributed by atoms with van der Waals surface area (Å²) in [5.74, 6) is 0.947. The first-order valence-electron chi connectivity index (χ1n) is 8.88. The van der Waals surface area contributed by atoms with E-state index in [9.17, 15) is 0 Å². The molecule has 1 rings (SSSR count). The number of hydrogen-bond donors (Lipinski definition) is 1. The van der Waals surface area contributed by atoms with E-state index in [0.29, 0.717) is 0 Å². The van der Waals surface area contributed by atoms with Gasteiger partial charge in [0.05, 0.1) is 5.69 Å². The predicted molar refractivity (Wildman–Crippen MR) is 89.5 cm³/mol. The molecular formula is C18H34N2O. The molecule has 0 saturated carbocycles. The fraction of sp³-hybridized carbons (Fsp3) is 0.833. The number of aryl methyl sites for hydroxylation is 2. The molecule has 1 N–H and O–H groups in total. The molecule has 21 heavy (non-hydrogen) atoms. The van der Waals surface area contributed by atoms with Crippen LogP contribution >= 0.6 is 0 Å². The minimum atomic E-state index is 0.887. The number of rotatable bonds is 13. The largest absolute Gasteiger partial charge is 0.361 e. The third-order valence-corrected chi connectivity index (χ3v) is 4.19. The lowest BCUT2D eigenvalue weighted by atomic mass is 10.1. The molecule has 1 aromatic rings. The molecule has 1 aromatic heterocycles. The van der Waals surface area contributed by atoms with Gasteiger partial charge in [-0.3, -0.25) is 0 Å². The molecule has 0 radical (unpaired) electrons. The third-order valence-electron chi connectivity index (χ3n) is 4.19. The average Bonchev–Trinajstić information content (AvgIpc) is 2.80. The monoisotopic (exact) mass is 294 g/mol. The molecule has 1 heterocycles. The third kappa shape index (κ3) is 8.25. The van der Waals surface area contributed by atoms with Crippen molar-refractivity contribution in [2.24, 2.45) is 0 Å². The molecular weight excluding hydrogens is 260 g/mol. The summed E-state index contributed by atoms with van der Waals surface area (Å²) < 4.78 is 5.16. The van der Waals surface area contributed by atoms with Gasteiger partial charge in [-0.1, -0.05) is 69.9 Å². The SMILES string of the molecule is CCCCCCCCCCCCNCc1c(C)noc1C. The normalized spacial score (nSPS) is 11.2. The Morgan fingerprint density at radius 1 is 0.857 bits per heavy atom. The number of aromatic nitrogens is 1. The second-order valence-corrected chi connectivity index (χ2v) is 6.16. The van der Waals surface area contributed by atoms with E-state index in [1.807, 2.05) is 13.8 Å². The summed E-state index contributed by atoms with van der Waals surface area (Å²) in [5.41, 5.74) is 2.24. The molecule has 3 heteroatoms. The maximum Gasteiger partial charge on any atom is 0.138 e. The molecule has 0 amide bonds. The second-order valence-electron chi connectivity index (χ2n) is 6.16. The van der Waals surface area contributed by atoms with Crippen molar-refractivity contribution in [1.82, 2.24) is 10.5 Å². The van der Waals surface area contributed by atoms with E-state index < -0.39 is 0 Å². The van der Waals surface area contributed by atoms with Gasteiger partial charge >= 0.3 is 0 Å². The minimum Gasteiger partial charge on any atom is -0.361 e. The summed E-state index contributed by atoms with van der Waals surface area (Å²) in [6, 6.07) is 0. The van der Waals surface area contributed by atoms with Gasteiger partial charge in [-0.15, -0.1) is 0 Å². The first-order valence-corrected chi connectivity index (χ1v) is 8.88. The molecule has 122 valence electrons. The van der Waals surface area contributed by atoms with Crippen molar-refractivity contribution in [1.29, 1.82) is 0 Å². The first-order chi connectivity index (χ1) is 10.3. The van der Waals surface area contributed by atoms with E-state index in [4.69, 9.17) is 4.52 Å². The number of unbranched alkanes of at least 4 members (excludes halogenated alkanes) is 9. The fourth-order valence-electron chi connectivity index (χ4n) is 2.71. The summed E-state index contributed by atoms with van der Waals surface area (Å²) in [5, 5.41) is 7.47. The summed E-state index contributed by atoms with van der Waals surface area (Å²) in [7, 11) is 0. The molecule has 0 aliphatic heterocycles. The van der Waals surface area contributed by atoms with Crippen molar-refractivity contribution in [3.8, 4) is 0 Å². The Kier molecular flexibility index (Phi) is 10.2. The van der Waals surface area contributed by atoms with E-state index in [1.54, 1.807) is 0 Å². The fourth-order valence-corrected chi connectivity index (χ4v) is 2.71. The van der Waals surface area contributed by atoms with Crippen LogP contribution in [0.4, 0.5) is 0 Å². The predicted octanol–water partition coefficient (Wildman–Crippen LogP) is 5.30. The van der Waals surface area contributed by atoms with Crippen molar-refractivity contribution >= 4 is 0 Å². The lowest BCUT2D eigenvalue weighted by Crippen LogP contribution is -2.15. The van der Waals surface area contributed by atoms with Crippen LogP contribution in [0.2, 0.25) is 0 Å². The van der Waals surface area contributed by atoms with Crippen molar-refractivity contribution in [2.75, 3.05) is 6.54 Å². The molecule has 3 nitrogen and oxygen atoms in total. The summed E-state index contributed by atoms with van der Waals surface area (Å²) in [6.45, 7) is 8.25. The van der Waals surface area contributed by atoms with Gasteiger partial charge in [0.1, 0.15) is 5.76 Å². The van der Waals surface area contributed by atoms with Gasteiger partial charge in [0.25, 0.3) is 0 Å². The lowest BCUT2D eigenvalue weighted by Gasteiger charge is -2.05. The zero-order valence-corrected chi connectivity index (χ0v) is 14.3. The Bertz CT molecular complexity index is 341. The van der Waals surface area contributed by atoms with Gasteiger partial charge in [0.2, 0.25) is 0 Å². The molecule has 0 spiro atoms. The van der Waals surface area contributed by atoms with Crippen LogP contribution in [0.25, 0.3) is 0 Å². The van der Waals surface area contributed by atoms with Crippen LogP contribution < -0.4 is 5.32 Å². The quantitative estimate of drug-likeness (QED) is 0.501. The lowest BCUT2D eigenvalue weighted by molar-refractivity contribution is 0.392. The van der Waals surface area contributed by atoms with E-state index in [1.165, 1.54) is 69.8 Å². The molecule has 0 fully saturated rings. The highest BCUT2D eigenvalue weighted by atomic mass is 16.5. The molecule has 0 aliphatic rings. The highest BCUT2D eigenvalue weighted by Gasteiger charge is 2.07. The zero-order valence-electron chi connectivity index (χ0n) is 14.3. The summed E-state index contributed by atoms with van der Waals surface area (Å²) in [6.07, 6.45) is 13.9. The highest BCUT2D eigenvalue weighted by Crippen LogP contribution is 2.12. The van der Waals surface area contributed by atoms with Crippen molar-refractivity contribution < 1.29 is 4.52 Å².